The number of hydrogen-bond acceptors (Lipinski definition) is 6. The Labute approximate surface area is 225 Å². The van der Waals surface area contributed by atoms with Gasteiger partial charge in [0.1, 0.15) is 23.0 Å². The van der Waals surface area contributed by atoms with Gasteiger partial charge >= 0.3 is 24.2 Å². The van der Waals surface area contributed by atoms with E-state index < -0.39 is 35.3 Å². The van der Waals surface area contributed by atoms with Crippen molar-refractivity contribution in [3.8, 4) is 23.0 Å². The number of hydrogen-bond donors (Lipinski definition) is 0. The molecular formula is C30H20F4O6. The van der Waals surface area contributed by atoms with Crippen molar-refractivity contribution in [2.24, 2.45) is 0 Å². The molecule has 10 heteroatoms. The molecule has 40 heavy (non-hydrogen) atoms. The largest absolute Gasteiger partial charge is 0.428 e. The minimum absolute atomic E-state index is 0.0322. The summed E-state index contributed by atoms with van der Waals surface area (Å²) in [6.07, 6.45) is -5.79. The zero-order valence-electron chi connectivity index (χ0n) is 20.6. The Hall–Kier alpha value is -5.12. The lowest BCUT2D eigenvalue weighted by Gasteiger charge is -2.22. The zero-order chi connectivity index (χ0) is 28.9. The number of alkyl halides is 4. The number of carbonyl (C=O) groups is 2. The molecule has 0 aliphatic heterocycles. The first-order valence-corrected chi connectivity index (χ1v) is 11.6. The second-order valence-corrected chi connectivity index (χ2v) is 8.14. The molecule has 4 aromatic carbocycles. The van der Waals surface area contributed by atoms with Gasteiger partial charge in [0.25, 0.3) is 0 Å². The number of fused-ring (bicyclic) bond motifs is 1. The van der Waals surface area contributed by atoms with Crippen molar-refractivity contribution in [1.29, 1.82) is 0 Å². The highest BCUT2D eigenvalue weighted by molar-refractivity contribution is 5.93. The number of esters is 2. The average molecular weight is 552 g/mol. The Kier molecular flexibility index (Phi) is 7.90. The van der Waals surface area contributed by atoms with Crippen LogP contribution >= 0.6 is 0 Å². The molecule has 0 heterocycles. The van der Waals surface area contributed by atoms with Gasteiger partial charge in [0.15, 0.2) is 0 Å². The molecule has 0 aromatic heterocycles. The van der Waals surface area contributed by atoms with Crippen molar-refractivity contribution in [1.82, 2.24) is 0 Å². The van der Waals surface area contributed by atoms with E-state index in [0.29, 0.717) is 0 Å². The van der Waals surface area contributed by atoms with Crippen molar-refractivity contribution in [3.63, 3.8) is 0 Å². The fraction of sp³-hybridized carbons (Fsp3) is 0.0667. The second-order valence-electron chi connectivity index (χ2n) is 8.14. The van der Waals surface area contributed by atoms with E-state index in [2.05, 4.69) is 13.2 Å². The van der Waals surface area contributed by atoms with E-state index in [1.807, 2.05) is 0 Å². The minimum Gasteiger partial charge on any atom is -0.428 e. The molecule has 0 spiro atoms. The first-order valence-electron chi connectivity index (χ1n) is 11.6. The lowest BCUT2D eigenvalue weighted by Crippen LogP contribution is -2.23. The van der Waals surface area contributed by atoms with E-state index in [0.717, 1.165) is 48.6 Å². The summed E-state index contributed by atoms with van der Waals surface area (Å²) in [7, 11) is 0. The van der Waals surface area contributed by atoms with Gasteiger partial charge in [-0.25, -0.2) is 9.59 Å². The van der Waals surface area contributed by atoms with Gasteiger partial charge in [-0.2, -0.15) is 17.6 Å². The summed E-state index contributed by atoms with van der Waals surface area (Å²) in [5.41, 5.74) is -1.08. The topological polar surface area (TPSA) is 71.1 Å². The molecule has 0 saturated carbocycles. The lowest BCUT2D eigenvalue weighted by molar-refractivity contribution is -0.186. The van der Waals surface area contributed by atoms with Crippen LogP contribution in [0.15, 0.2) is 110 Å². The summed E-state index contributed by atoms with van der Waals surface area (Å²) in [6.45, 7) is 6.52. The Morgan fingerprint density at radius 2 is 0.925 bits per heavy atom. The molecule has 0 fully saturated rings. The summed E-state index contributed by atoms with van der Waals surface area (Å²) >= 11 is 0. The first-order chi connectivity index (χ1) is 19.0. The number of ether oxygens (including phenoxy) is 4. The van der Waals surface area contributed by atoms with Crippen molar-refractivity contribution in [2.45, 2.75) is 12.2 Å². The SMILES string of the molecule is C=CC(=O)Oc1ccc(C(F)(F)Oc2ccc(OC(F)(F)c3ccc(OC(=O)C=C)cc3)c3ccccc23)cc1. The first kappa shape index (κ1) is 27.9. The average Bonchev–Trinajstić information content (AvgIpc) is 2.94. The Morgan fingerprint density at radius 3 is 1.25 bits per heavy atom. The maximum Gasteiger partial charge on any atom is 0.426 e. The van der Waals surface area contributed by atoms with E-state index in [-0.39, 0.29) is 33.8 Å². The van der Waals surface area contributed by atoms with E-state index in [9.17, 15) is 9.59 Å². The van der Waals surface area contributed by atoms with Crippen molar-refractivity contribution in [3.05, 3.63) is 121 Å². The van der Waals surface area contributed by atoms with Crippen LogP contribution in [0, 0.1) is 0 Å². The highest BCUT2D eigenvalue weighted by atomic mass is 19.3. The highest BCUT2D eigenvalue weighted by Gasteiger charge is 2.37. The molecule has 0 unspecified atom stereocenters. The van der Waals surface area contributed by atoms with Crippen LogP contribution < -0.4 is 18.9 Å². The van der Waals surface area contributed by atoms with E-state index in [4.69, 9.17) is 18.9 Å². The monoisotopic (exact) mass is 552 g/mol. The molecule has 0 N–H and O–H groups in total. The van der Waals surface area contributed by atoms with Crippen LogP contribution in [-0.4, -0.2) is 11.9 Å². The van der Waals surface area contributed by atoms with Crippen LogP contribution in [0.25, 0.3) is 10.8 Å². The van der Waals surface area contributed by atoms with Gasteiger partial charge in [-0.05, 0) is 60.7 Å². The maximum atomic E-state index is 15.0. The number of rotatable bonds is 10. The molecule has 0 aliphatic rings. The molecule has 0 aliphatic carbocycles. The van der Waals surface area contributed by atoms with Crippen LogP contribution in [-0.2, 0) is 21.8 Å². The van der Waals surface area contributed by atoms with Crippen molar-refractivity contribution >= 4 is 22.7 Å². The third-order valence-corrected chi connectivity index (χ3v) is 5.47. The van der Waals surface area contributed by atoms with E-state index in [1.165, 1.54) is 48.5 Å². The van der Waals surface area contributed by atoms with Crippen LogP contribution in [0.3, 0.4) is 0 Å². The maximum absolute atomic E-state index is 15.0. The quantitative estimate of drug-likeness (QED) is 0.0892. The molecular weight excluding hydrogens is 532 g/mol. The summed E-state index contributed by atoms with van der Waals surface area (Å²) in [5.74, 6) is -2.00. The van der Waals surface area contributed by atoms with Crippen LogP contribution in [0.1, 0.15) is 11.1 Å². The second kappa shape index (κ2) is 11.3. The van der Waals surface area contributed by atoms with Gasteiger partial charge in [-0.3, -0.25) is 0 Å². The molecule has 0 amide bonds. The van der Waals surface area contributed by atoms with Gasteiger partial charge in [0.2, 0.25) is 0 Å². The molecule has 0 atom stereocenters. The molecule has 0 bridgehead atoms. The van der Waals surface area contributed by atoms with Gasteiger partial charge in [-0.15, -0.1) is 0 Å². The zero-order valence-corrected chi connectivity index (χ0v) is 20.6. The van der Waals surface area contributed by atoms with Crippen molar-refractivity contribution < 1.29 is 46.1 Å². The Bertz CT molecular complexity index is 1450. The third-order valence-electron chi connectivity index (χ3n) is 5.47. The molecule has 0 saturated heterocycles. The third kappa shape index (κ3) is 6.29. The summed E-state index contributed by atoms with van der Waals surface area (Å²) in [4.78, 5) is 22.6. The van der Waals surface area contributed by atoms with Gasteiger partial charge in [0, 0.05) is 22.9 Å². The fourth-order valence-corrected chi connectivity index (χ4v) is 3.57. The van der Waals surface area contributed by atoms with E-state index in [1.54, 1.807) is 0 Å². The van der Waals surface area contributed by atoms with Crippen LogP contribution in [0.5, 0.6) is 23.0 Å². The Morgan fingerprint density at radius 1 is 0.575 bits per heavy atom. The Balaban J connectivity index is 1.57. The molecule has 6 nitrogen and oxygen atoms in total. The van der Waals surface area contributed by atoms with Gasteiger partial charge < -0.3 is 18.9 Å². The number of benzene rings is 4. The lowest BCUT2D eigenvalue weighted by atomic mass is 10.1. The molecule has 4 aromatic rings. The fourth-order valence-electron chi connectivity index (χ4n) is 3.57. The number of carbonyl (C=O) groups excluding carboxylic acids is 2. The summed E-state index contributed by atoms with van der Waals surface area (Å²) in [6, 6.07) is 16.9. The smallest absolute Gasteiger partial charge is 0.426 e. The number of halogens is 4. The van der Waals surface area contributed by atoms with Crippen LogP contribution in [0.4, 0.5) is 17.6 Å². The predicted molar refractivity (Wildman–Crippen MR) is 138 cm³/mol. The molecule has 0 radical (unpaired) electrons. The molecule has 4 rings (SSSR count). The van der Waals surface area contributed by atoms with Crippen molar-refractivity contribution in [2.75, 3.05) is 0 Å². The van der Waals surface area contributed by atoms with E-state index >= 15 is 17.6 Å². The van der Waals surface area contributed by atoms with Gasteiger partial charge in [-0.1, -0.05) is 37.4 Å². The predicted octanol–water partition coefficient (Wildman–Crippen LogP) is 7.28. The standard InChI is InChI=1S/C30H20F4O6/c1-3-27(35)37-21-13-9-19(10-14-21)29(31,32)39-25-17-18-26(24-8-6-5-7-23(24)25)40-30(33,34)20-11-15-22(16-12-20)38-28(36)4-2/h3-18H,1-2H2. The molecule has 204 valence electrons. The normalized spacial score (nSPS) is 11.4. The summed E-state index contributed by atoms with van der Waals surface area (Å²) in [5, 5.41) is 0.192. The van der Waals surface area contributed by atoms with Gasteiger partial charge in [0.05, 0.1) is 11.1 Å². The highest BCUT2D eigenvalue weighted by Crippen LogP contribution is 2.41. The minimum atomic E-state index is -3.83. The van der Waals surface area contributed by atoms with Crippen LogP contribution in [0.2, 0.25) is 0 Å². The summed E-state index contributed by atoms with van der Waals surface area (Å²) < 4.78 is 79.9.